The molecule has 0 spiro atoms. The first-order chi connectivity index (χ1) is 8.13. The number of carbonyl (C=O) groups is 1. The predicted octanol–water partition coefficient (Wildman–Crippen LogP) is 1.97. The first-order valence-corrected chi connectivity index (χ1v) is 5.70. The first-order valence-electron chi connectivity index (χ1n) is 5.70. The van der Waals surface area contributed by atoms with E-state index in [0.717, 1.165) is 24.2 Å². The molecule has 4 nitrogen and oxygen atoms in total. The summed E-state index contributed by atoms with van der Waals surface area (Å²) in [5.74, 6) is 0.497. The molecule has 1 aromatic heterocycles. The summed E-state index contributed by atoms with van der Waals surface area (Å²) in [6.07, 6.45) is 5.15. The zero-order valence-electron chi connectivity index (χ0n) is 10.6. The summed E-state index contributed by atoms with van der Waals surface area (Å²) in [6.45, 7) is 4.37. The van der Waals surface area contributed by atoms with E-state index >= 15 is 0 Å². The van der Waals surface area contributed by atoms with Crippen LogP contribution in [0, 0.1) is 6.92 Å². The highest BCUT2D eigenvalue weighted by Gasteiger charge is 2.00. The second-order valence-electron chi connectivity index (χ2n) is 3.85. The van der Waals surface area contributed by atoms with Gasteiger partial charge in [-0.15, -0.1) is 0 Å². The maximum absolute atomic E-state index is 10.9. The van der Waals surface area contributed by atoms with Crippen molar-refractivity contribution in [2.24, 2.45) is 0 Å². The van der Waals surface area contributed by atoms with Crippen molar-refractivity contribution in [3.8, 4) is 0 Å². The van der Waals surface area contributed by atoms with Crippen LogP contribution in [0.1, 0.15) is 24.6 Å². The Bertz CT molecular complexity index is 413. The summed E-state index contributed by atoms with van der Waals surface area (Å²) in [5, 5.41) is 5.75. The number of carbonyl (C=O) groups excluding carboxylic acids is 1. The van der Waals surface area contributed by atoms with Crippen molar-refractivity contribution < 1.29 is 4.79 Å². The number of pyridine rings is 1. The Labute approximate surface area is 102 Å². The van der Waals surface area contributed by atoms with E-state index in [1.54, 1.807) is 0 Å². The molecule has 0 fully saturated rings. The highest BCUT2D eigenvalue weighted by atomic mass is 16.1. The van der Waals surface area contributed by atoms with Crippen LogP contribution < -0.4 is 10.6 Å². The lowest BCUT2D eigenvalue weighted by Crippen LogP contribution is -2.08. The van der Waals surface area contributed by atoms with Crippen molar-refractivity contribution >= 4 is 17.8 Å². The lowest BCUT2D eigenvalue weighted by molar-refractivity contribution is -0.114. The fraction of sp³-hybridized carbons (Fsp3) is 0.385. The molecule has 1 rings (SSSR count). The summed E-state index contributed by atoms with van der Waals surface area (Å²) in [5.41, 5.74) is 1.99. The number of rotatable bonds is 5. The van der Waals surface area contributed by atoms with Crippen molar-refractivity contribution in [3.63, 3.8) is 0 Å². The van der Waals surface area contributed by atoms with Crippen molar-refractivity contribution in [1.82, 2.24) is 10.3 Å². The SMILES string of the molecule is CNCCC=Cc1ccc(NC(C)=O)nc1C. The van der Waals surface area contributed by atoms with Crippen LogP contribution in [0.2, 0.25) is 0 Å². The van der Waals surface area contributed by atoms with Gasteiger partial charge in [0.1, 0.15) is 5.82 Å². The Balaban J connectivity index is 2.69. The van der Waals surface area contributed by atoms with Crippen LogP contribution in [-0.2, 0) is 4.79 Å². The van der Waals surface area contributed by atoms with Gasteiger partial charge in [-0.3, -0.25) is 4.79 Å². The molecule has 1 aromatic rings. The van der Waals surface area contributed by atoms with Crippen LogP contribution in [0.4, 0.5) is 5.82 Å². The number of aryl methyl sites for hydroxylation is 1. The summed E-state index contributed by atoms with van der Waals surface area (Å²) in [4.78, 5) is 15.2. The van der Waals surface area contributed by atoms with E-state index < -0.39 is 0 Å². The zero-order valence-corrected chi connectivity index (χ0v) is 10.6. The van der Waals surface area contributed by atoms with Crippen LogP contribution in [-0.4, -0.2) is 24.5 Å². The molecule has 0 aliphatic rings. The van der Waals surface area contributed by atoms with Gasteiger partial charge >= 0.3 is 0 Å². The molecule has 0 atom stereocenters. The Morgan fingerprint density at radius 1 is 1.47 bits per heavy atom. The number of hydrogen-bond donors (Lipinski definition) is 2. The first kappa shape index (κ1) is 13.4. The number of nitrogens with zero attached hydrogens (tertiary/aromatic N) is 1. The van der Waals surface area contributed by atoms with Gasteiger partial charge in [0, 0.05) is 12.6 Å². The lowest BCUT2D eigenvalue weighted by Gasteiger charge is -2.04. The third-order valence-electron chi connectivity index (χ3n) is 2.29. The van der Waals surface area contributed by atoms with Crippen LogP contribution in [0.25, 0.3) is 6.08 Å². The molecular weight excluding hydrogens is 214 g/mol. The van der Waals surface area contributed by atoms with Crippen LogP contribution in [0.5, 0.6) is 0 Å². The molecule has 0 radical (unpaired) electrons. The van der Waals surface area contributed by atoms with Gasteiger partial charge in [0.05, 0.1) is 0 Å². The maximum Gasteiger partial charge on any atom is 0.222 e. The summed E-state index contributed by atoms with van der Waals surface area (Å²) in [6, 6.07) is 3.77. The minimum Gasteiger partial charge on any atom is -0.319 e. The quantitative estimate of drug-likeness (QED) is 0.764. The normalized spacial score (nSPS) is 10.8. The molecule has 0 aliphatic heterocycles. The van der Waals surface area contributed by atoms with Crippen molar-refractivity contribution in [2.75, 3.05) is 18.9 Å². The second-order valence-corrected chi connectivity index (χ2v) is 3.85. The van der Waals surface area contributed by atoms with Crippen molar-refractivity contribution in [1.29, 1.82) is 0 Å². The third-order valence-corrected chi connectivity index (χ3v) is 2.29. The second kappa shape index (κ2) is 6.81. The Hall–Kier alpha value is -1.68. The minimum absolute atomic E-state index is 0.103. The smallest absolute Gasteiger partial charge is 0.222 e. The molecule has 0 aliphatic carbocycles. The summed E-state index contributed by atoms with van der Waals surface area (Å²) < 4.78 is 0. The molecule has 4 heteroatoms. The topological polar surface area (TPSA) is 54.0 Å². The lowest BCUT2D eigenvalue weighted by atomic mass is 10.2. The van der Waals surface area contributed by atoms with E-state index in [1.807, 2.05) is 26.1 Å². The summed E-state index contributed by atoms with van der Waals surface area (Å²) >= 11 is 0. The standard InChI is InChI=1S/C13H19N3O/c1-10-12(6-4-5-9-14-3)7-8-13(15-10)16-11(2)17/h4,6-8,14H,5,9H2,1-3H3,(H,15,16,17). The molecule has 0 unspecified atom stereocenters. The number of hydrogen-bond acceptors (Lipinski definition) is 3. The van der Waals surface area contributed by atoms with Crippen LogP contribution >= 0.6 is 0 Å². The Morgan fingerprint density at radius 3 is 2.82 bits per heavy atom. The van der Waals surface area contributed by atoms with E-state index in [1.165, 1.54) is 6.92 Å². The van der Waals surface area contributed by atoms with E-state index in [9.17, 15) is 4.79 Å². The van der Waals surface area contributed by atoms with Crippen LogP contribution in [0.3, 0.4) is 0 Å². The van der Waals surface area contributed by atoms with E-state index in [2.05, 4.69) is 27.8 Å². The van der Waals surface area contributed by atoms with Gasteiger partial charge in [-0.1, -0.05) is 12.2 Å². The number of amides is 1. The molecule has 2 N–H and O–H groups in total. The maximum atomic E-state index is 10.9. The Morgan fingerprint density at radius 2 is 2.24 bits per heavy atom. The number of anilines is 1. The van der Waals surface area contributed by atoms with E-state index in [-0.39, 0.29) is 5.91 Å². The minimum atomic E-state index is -0.103. The predicted molar refractivity (Wildman–Crippen MR) is 70.9 cm³/mol. The largest absolute Gasteiger partial charge is 0.319 e. The highest BCUT2D eigenvalue weighted by molar-refractivity contribution is 5.87. The van der Waals surface area contributed by atoms with Gasteiger partial charge in [-0.2, -0.15) is 0 Å². The molecule has 0 aromatic carbocycles. The fourth-order valence-corrected chi connectivity index (χ4v) is 1.44. The molecular formula is C13H19N3O. The molecule has 0 saturated heterocycles. The van der Waals surface area contributed by atoms with Gasteiger partial charge in [0.15, 0.2) is 0 Å². The van der Waals surface area contributed by atoms with Crippen molar-refractivity contribution in [3.05, 3.63) is 29.5 Å². The van der Waals surface area contributed by atoms with E-state index in [4.69, 9.17) is 0 Å². The summed E-state index contributed by atoms with van der Waals surface area (Å²) in [7, 11) is 1.93. The highest BCUT2D eigenvalue weighted by Crippen LogP contribution is 2.12. The van der Waals surface area contributed by atoms with E-state index in [0.29, 0.717) is 5.82 Å². The monoisotopic (exact) mass is 233 g/mol. The molecule has 1 heterocycles. The van der Waals surface area contributed by atoms with Gasteiger partial charge in [0.2, 0.25) is 5.91 Å². The molecule has 92 valence electrons. The molecule has 0 bridgehead atoms. The van der Waals surface area contributed by atoms with Gasteiger partial charge in [-0.05, 0) is 44.6 Å². The van der Waals surface area contributed by atoms with Gasteiger partial charge in [0.25, 0.3) is 0 Å². The average molecular weight is 233 g/mol. The zero-order chi connectivity index (χ0) is 12.7. The fourth-order valence-electron chi connectivity index (χ4n) is 1.44. The van der Waals surface area contributed by atoms with Gasteiger partial charge in [-0.25, -0.2) is 4.98 Å². The number of nitrogens with one attached hydrogen (secondary N) is 2. The van der Waals surface area contributed by atoms with Crippen LogP contribution in [0.15, 0.2) is 18.2 Å². The van der Waals surface area contributed by atoms with Gasteiger partial charge < -0.3 is 10.6 Å². The third kappa shape index (κ3) is 4.78. The Kier molecular flexibility index (Phi) is 5.36. The molecule has 1 amide bonds. The molecule has 17 heavy (non-hydrogen) atoms. The number of aromatic nitrogens is 1. The average Bonchev–Trinajstić information content (AvgIpc) is 2.26. The molecule has 0 saturated carbocycles. The van der Waals surface area contributed by atoms with Crippen molar-refractivity contribution in [2.45, 2.75) is 20.3 Å².